The van der Waals surface area contributed by atoms with Crippen LogP contribution in [0.15, 0.2) is 60.7 Å². The predicted molar refractivity (Wildman–Crippen MR) is 94.3 cm³/mol. The average molecular weight is 478 g/mol. The summed E-state index contributed by atoms with van der Waals surface area (Å²) in [6.45, 7) is 0. The van der Waals surface area contributed by atoms with Gasteiger partial charge in [0, 0.05) is 5.56 Å². The summed E-state index contributed by atoms with van der Waals surface area (Å²) < 4.78 is 5.01. The van der Waals surface area contributed by atoms with Gasteiger partial charge in [-0.1, -0.05) is 84.2 Å². The Hall–Kier alpha value is -0.850. The van der Waals surface area contributed by atoms with Crippen molar-refractivity contribution in [1.29, 1.82) is 0 Å². The number of halogens is 3. The zero-order valence-corrected chi connectivity index (χ0v) is 15.6. The lowest BCUT2D eigenvalue weighted by Crippen LogP contribution is -2.47. The average Bonchev–Trinajstić information content (AvgIpc) is 2.47. The highest BCUT2D eigenvalue weighted by molar-refractivity contribution is 9.39. The molecule has 0 radical (unpaired) electrons. The molecule has 2 rings (SSSR count). The van der Waals surface area contributed by atoms with Gasteiger partial charge in [-0.05, 0) is 24.3 Å². The van der Waals surface area contributed by atoms with Crippen LogP contribution in [0.5, 0.6) is 5.75 Å². The van der Waals surface area contributed by atoms with E-state index in [1.54, 1.807) is 12.1 Å². The first-order valence-electron chi connectivity index (χ1n) is 6.11. The Morgan fingerprint density at radius 3 is 2.00 bits per heavy atom. The van der Waals surface area contributed by atoms with Gasteiger partial charge in [0.25, 0.3) is 5.91 Å². The molecular weight excluding hydrogens is 466 g/mol. The van der Waals surface area contributed by atoms with E-state index in [-0.39, 0.29) is 5.91 Å². The van der Waals surface area contributed by atoms with Gasteiger partial charge in [-0.2, -0.15) is 0 Å². The fourth-order valence-electron chi connectivity index (χ4n) is 1.61. The maximum absolute atomic E-state index is 12.2. The van der Waals surface area contributed by atoms with Crippen molar-refractivity contribution in [2.75, 3.05) is 0 Å². The Balaban J connectivity index is 2.12. The van der Waals surface area contributed by atoms with Gasteiger partial charge in [-0.15, -0.1) is 0 Å². The van der Waals surface area contributed by atoms with Crippen molar-refractivity contribution in [3.63, 3.8) is 0 Å². The number of carbonyl (C=O) groups excluding carboxylic acids is 1. The van der Waals surface area contributed by atoms with Crippen LogP contribution in [0.4, 0.5) is 0 Å². The number of alkyl halides is 3. The maximum Gasteiger partial charge on any atom is 0.254 e. The summed E-state index contributed by atoms with van der Waals surface area (Å²) in [5.41, 5.74) is 0.566. The lowest BCUT2D eigenvalue weighted by molar-refractivity contribution is 0.0845. The summed E-state index contributed by atoms with van der Waals surface area (Å²) in [7, 11) is 0. The minimum absolute atomic E-state index is 0.223. The van der Waals surface area contributed by atoms with Crippen molar-refractivity contribution in [2.45, 2.75) is 8.37 Å². The summed E-state index contributed by atoms with van der Waals surface area (Å²) >= 11 is 10.2. The molecule has 2 aromatic rings. The van der Waals surface area contributed by atoms with Crippen LogP contribution >= 0.6 is 47.8 Å². The van der Waals surface area contributed by atoms with Crippen LogP contribution in [0.2, 0.25) is 0 Å². The van der Waals surface area contributed by atoms with Gasteiger partial charge in [-0.25, -0.2) is 0 Å². The number of carbonyl (C=O) groups is 1. The first kappa shape index (κ1) is 16.5. The van der Waals surface area contributed by atoms with E-state index in [9.17, 15) is 4.79 Å². The van der Waals surface area contributed by atoms with Crippen LogP contribution in [0.3, 0.4) is 0 Å². The van der Waals surface area contributed by atoms with Crippen LogP contribution in [0.1, 0.15) is 10.4 Å². The lowest BCUT2D eigenvalue weighted by atomic mass is 10.2. The van der Waals surface area contributed by atoms with Crippen LogP contribution < -0.4 is 10.1 Å². The van der Waals surface area contributed by atoms with E-state index < -0.39 is 8.37 Å². The number of nitrogens with one attached hydrogen (secondary N) is 1. The Morgan fingerprint density at radius 1 is 0.952 bits per heavy atom. The van der Waals surface area contributed by atoms with Crippen LogP contribution in [0.25, 0.3) is 0 Å². The van der Waals surface area contributed by atoms with E-state index in [1.807, 2.05) is 48.5 Å². The minimum Gasteiger partial charge on any atom is -0.467 e. The third kappa shape index (κ3) is 5.13. The highest BCUT2D eigenvalue weighted by Crippen LogP contribution is 2.38. The molecule has 2 aromatic carbocycles. The predicted octanol–water partition coefficient (Wildman–Crippen LogP) is 4.66. The normalized spacial score (nSPS) is 12.5. The molecule has 1 N–H and O–H groups in total. The fourth-order valence-corrected chi connectivity index (χ4v) is 2.23. The Labute approximate surface area is 148 Å². The van der Waals surface area contributed by atoms with Crippen molar-refractivity contribution in [3.05, 3.63) is 66.2 Å². The third-order valence-electron chi connectivity index (χ3n) is 2.59. The topological polar surface area (TPSA) is 38.3 Å². The van der Waals surface area contributed by atoms with Crippen molar-refractivity contribution < 1.29 is 9.53 Å². The standard InChI is InChI=1S/C15H12Br3NO2/c16-15(17,18)14(21-12-9-5-2-6-10-12)19-13(20)11-7-3-1-4-8-11/h1-10,14H,(H,19,20). The van der Waals surface area contributed by atoms with E-state index in [0.717, 1.165) is 0 Å². The van der Waals surface area contributed by atoms with Crippen LogP contribution in [-0.2, 0) is 0 Å². The number of para-hydroxylation sites is 1. The molecule has 0 aliphatic heterocycles. The van der Waals surface area contributed by atoms with Crippen LogP contribution in [0, 0.1) is 0 Å². The zero-order valence-electron chi connectivity index (χ0n) is 10.8. The largest absolute Gasteiger partial charge is 0.467 e. The first-order valence-corrected chi connectivity index (χ1v) is 8.49. The van der Waals surface area contributed by atoms with Gasteiger partial charge in [0.1, 0.15) is 5.75 Å². The smallest absolute Gasteiger partial charge is 0.254 e. The number of hydrogen-bond donors (Lipinski definition) is 1. The van der Waals surface area contributed by atoms with E-state index >= 15 is 0 Å². The Morgan fingerprint density at radius 2 is 1.48 bits per heavy atom. The number of ether oxygens (including phenoxy) is 1. The Kier molecular flexibility index (Phi) is 5.84. The molecular formula is C15H12Br3NO2. The first-order chi connectivity index (χ1) is 9.97. The number of amides is 1. The monoisotopic (exact) mass is 475 g/mol. The summed E-state index contributed by atoms with van der Waals surface area (Å²) in [4.78, 5) is 12.2. The Bertz CT molecular complexity index is 585. The number of benzene rings is 2. The van der Waals surface area contributed by atoms with E-state index in [0.29, 0.717) is 11.3 Å². The molecule has 0 spiro atoms. The number of rotatable bonds is 4. The quantitative estimate of drug-likeness (QED) is 0.514. The molecule has 0 fully saturated rings. The molecule has 6 heteroatoms. The second-order valence-electron chi connectivity index (χ2n) is 4.19. The second kappa shape index (κ2) is 7.42. The molecule has 0 aromatic heterocycles. The lowest BCUT2D eigenvalue weighted by Gasteiger charge is -2.27. The highest BCUT2D eigenvalue weighted by Gasteiger charge is 2.34. The molecule has 110 valence electrons. The summed E-state index contributed by atoms with van der Waals surface area (Å²) in [5, 5.41) is 2.82. The molecule has 1 unspecified atom stereocenters. The molecule has 21 heavy (non-hydrogen) atoms. The highest BCUT2D eigenvalue weighted by atomic mass is 80.0. The third-order valence-corrected chi connectivity index (χ3v) is 3.84. The zero-order chi connectivity index (χ0) is 15.3. The fraction of sp³-hybridized carbons (Fsp3) is 0.133. The maximum atomic E-state index is 12.2. The molecule has 0 bridgehead atoms. The summed E-state index contributed by atoms with van der Waals surface area (Å²) in [5.74, 6) is 0.429. The van der Waals surface area contributed by atoms with Gasteiger partial charge >= 0.3 is 0 Å². The molecule has 0 heterocycles. The van der Waals surface area contributed by atoms with Crippen LogP contribution in [-0.4, -0.2) is 14.3 Å². The van der Waals surface area contributed by atoms with Crippen molar-refractivity contribution in [1.82, 2.24) is 5.32 Å². The summed E-state index contributed by atoms with van der Waals surface area (Å²) in [6.07, 6.45) is -0.660. The SMILES string of the molecule is O=C(NC(Oc1ccccc1)C(Br)(Br)Br)c1ccccc1. The van der Waals surface area contributed by atoms with Gasteiger partial charge in [0.15, 0.2) is 2.14 Å². The number of hydrogen-bond acceptors (Lipinski definition) is 2. The summed E-state index contributed by atoms with van der Waals surface area (Å²) in [6, 6.07) is 18.2. The van der Waals surface area contributed by atoms with Gasteiger partial charge in [0.2, 0.25) is 6.23 Å². The van der Waals surface area contributed by atoms with E-state index in [2.05, 4.69) is 53.1 Å². The van der Waals surface area contributed by atoms with E-state index in [1.165, 1.54) is 0 Å². The molecule has 3 nitrogen and oxygen atoms in total. The van der Waals surface area contributed by atoms with Crippen molar-refractivity contribution in [2.24, 2.45) is 0 Å². The minimum atomic E-state index is -0.784. The molecule has 0 aliphatic carbocycles. The van der Waals surface area contributed by atoms with Crippen molar-refractivity contribution >= 4 is 53.7 Å². The van der Waals surface area contributed by atoms with Gasteiger partial charge in [-0.3, -0.25) is 4.79 Å². The molecule has 0 saturated heterocycles. The van der Waals surface area contributed by atoms with Gasteiger partial charge in [0.05, 0.1) is 0 Å². The van der Waals surface area contributed by atoms with Gasteiger partial charge < -0.3 is 10.1 Å². The van der Waals surface area contributed by atoms with Crippen molar-refractivity contribution in [3.8, 4) is 5.75 Å². The molecule has 1 amide bonds. The molecule has 0 saturated carbocycles. The second-order valence-corrected chi connectivity index (χ2v) is 11.1. The van der Waals surface area contributed by atoms with E-state index in [4.69, 9.17) is 4.74 Å². The molecule has 1 atom stereocenters. The molecule has 0 aliphatic rings.